The van der Waals surface area contributed by atoms with E-state index in [-0.39, 0.29) is 0 Å². The van der Waals surface area contributed by atoms with Crippen LogP contribution in [0.5, 0.6) is 5.75 Å². The van der Waals surface area contributed by atoms with Crippen LogP contribution in [-0.4, -0.2) is 29.7 Å². The molecule has 5 nitrogen and oxygen atoms in total. The fourth-order valence-corrected chi connectivity index (χ4v) is 3.41. The van der Waals surface area contributed by atoms with Crippen molar-refractivity contribution in [1.82, 2.24) is 9.55 Å². The van der Waals surface area contributed by atoms with Crippen LogP contribution >= 0.6 is 0 Å². The molecule has 5 heteroatoms. The summed E-state index contributed by atoms with van der Waals surface area (Å²) in [4.78, 5) is 16.4. The molecule has 0 atom stereocenters. The summed E-state index contributed by atoms with van der Waals surface area (Å²) >= 11 is 0. The molecule has 0 aliphatic heterocycles. The number of pyridine rings is 1. The molecule has 4 aromatic rings. The summed E-state index contributed by atoms with van der Waals surface area (Å²) in [6.45, 7) is 0.498. The molecule has 0 unspecified atom stereocenters. The summed E-state index contributed by atoms with van der Waals surface area (Å²) in [5, 5.41) is 1.07. The second kappa shape index (κ2) is 7.56. The lowest BCUT2D eigenvalue weighted by atomic mass is 10.1. The highest BCUT2D eigenvalue weighted by Crippen LogP contribution is 2.31. The van der Waals surface area contributed by atoms with Crippen molar-refractivity contribution in [2.45, 2.75) is 6.54 Å². The molecule has 28 heavy (non-hydrogen) atoms. The zero-order valence-electron chi connectivity index (χ0n) is 15.8. The van der Waals surface area contributed by atoms with E-state index in [1.54, 1.807) is 13.3 Å². The van der Waals surface area contributed by atoms with E-state index in [0.29, 0.717) is 12.2 Å². The van der Waals surface area contributed by atoms with E-state index < -0.39 is 5.97 Å². The van der Waals surface area contributed by atoms with Gasteiger partial charge in [0.25, 0.3) is 0 Å². The third-order valence-corrected chi connectivity index (χ3v) is 4.78. The number of methoxy groups -OCH3 is 2. The number of ether oxygens (including phenoxy) is 2. The van der Waals surface area contributed by atoms with Gasteiger partial charge in [-0.15, -0.1) is 0 Å². The monoisotopic (exact) mass is 372 g/mol. The van der Waals surface area contributed by atoms with Gasteiger partial charge in [0, 0.05) is 28.4 Å². The largest absolute Gasteiger partial charge is 0.497 e. The van der Waals surface area contributed by atoms with Crippen LogP contribution in [0.25, 0.3) is 22.2 Å². The highest BCUT2D eigenvalue weighted by molar-refractivity contribution is 5.90. The van der Waals surface area contributed by atoms with Gasteiger partial charge in [-0.25, -0.2) is 9.78 Å². The maximum absolute atomic E-state index is 12.2. The number of benzene rings is 2. The molecule has 2 heterocycles. The Morgan fingerprint density at radius 3 is 2.57 bits per heavy atom. The van der Waals surface area contributed by atoms with Crippen LogP contribution in [0.2, 0.25) is 0 Å². The average Bonchev–Trinajstić information content (AvgIpc) is 3.11. The summed E-state index contributed by atoms with van der Waals surface area (Å²) in [6.07, 6.45) is 1.60. The topological polar surface area (TPSA) is 53.3 Å². The normalized spacial score (nSPS) is 10.8. The van der Waals surface area contributed by atoms with Crippen molar-refractivity contribution in [3.05, 3.63) is 84.2 Å². The van der Waals surface area contributed by atoms with Crippen LogP contribution in [0.15, 0.2) is 72.9 Å². The number of nitrogens with zero attached hydrogens (tertiary/aromatic N) is 2. The molecule has 0 fully saturated rings. The Kier molecular flexibility index (Phi) is 4.81. The van der Waals surface area contributed by atoms with E-state index in [1.807, 2.05) is 48.5 Å². The lowest BCUT2D eigenvalue weighted by Crippen LogP contribution is -2.11. The van der Waals surface area contributed by atoms with Gasteiger partial charge in [-0.2, -0.15) is 0 Å². The molecule has 0 aliphatic carbocycles. The number of carbonyl (C=O) groups excluding carboxylic acids is 1. The molecule has 2 aromatic carbocycles. The molecule has 0 N–H and O–H groups in total. The molecular formula is C23H20N2O3. The summed E-state index contributed by atoms with van der Waals surface area (Å²) in [7, 11) is 3.03. The fourth-order valence-electron chi connectivity index (χ4n) is 3.41. The van der Waals surface area contributed by atoms with Crippen LogP contribution < -0.4 is 4.74 Å². The van der Waals surface area contributed by atoms with Crippen molar-refractivity contribution in [1.29, 1.82) is 0 Å². The first-order valence-electron chi connectivity index (χ1n) is 8.96. The number of hydrogen-bond acceptors (Lipinski definition) is 4. The molecular weight excluding hydrogens is 352 g/mol. The molecule has 0 saturated carbocycles. The van der Waals surface area contributed by atoms with Crippen molar-refractivity contribution in [2.75, 3.05) is 14.2 Å². The molecule has 140 valence electrons. The van der Waals surface area contributed by atoms with Gasteiger partial charge in [0.2, 0.25) is 0 Å². The van der Waals surface area contributed by atoms with Gasteiger partial charge >= 0.3 is 5.97 Å². The van der Waals surface area contributed by atoms with Gasteiger partial charge in [-0.05, 0) is 35.9 Å². The molecule has 0 aliphatic rings. The minimum Gasteiger partial charge on any atom is -0.497 e. The van der Waals surface area contributed by atoms with Crippen LogP contribution in [0.3, 0.4) is 0 Å². The third-order valence-electron chi connectivity index (χ3n) is 4.78. The van der Waals surface area contributed by atoms with Crippen LogP contribution in [-0.2, 0) is 11.3 Å². The summed E-state index contributed by atoms with van der Waals surface area (Å²) < 4.78 is 12.5. The predicted octanol–water partition coefficient (Wildman–Crippen LogP) is 4.55. The van der Waals surface area contributed by atoms with Gasteiger partial charge in [0.1, 0.15) is 5.75 Å². The number of hydrogen-bond donors (Lipinski definition) is 0. The smallest absolute Gasteiger partial charge is 0.356 e. The van der Waals surface area contributed by atoms with E-state index in [2.05, 4.69) is 27.8 Å². The number of carbonyl (C=O) groups is 1. The highest BCUT2D eigenvalue weighted by atomic mass is 16.5. The second-order valence-corrected chi connectivity index (χ2v) is 6.41. The Labute approximate surface area is 163 Å². The molecule has 0 amide bonds. The van der Waals surface area contributed by atoms with Crippen LogP contribution in [0.4, 0.5) is 0 Å². The number of fused-ring (bicyclic) bond motifs is 1. The quantitative estimate of drug-likeness (QED) is 0.483. The van der Waals surface area contributed by atoms with E-state index in [9.17, 15) is 4.79 Å². The maximum Gasteiger partial charge on any atom is 0.356 e. The Balaban J connectivity index is 1.90. The van der Waals surface area contributed by atoms with E-state index in [1.165, 1.54) is 7.11 Å². The van der Waals surface area contributed by atoms with E-state index in [4.69, 9.17) is 9.47 Å². The lowest BCUT2D eigenvalue weighted by molar-refractivity contribution is 0.0592. The van der Waals surface area contributed by atoms with Gasteiger partial charge in [0.15, 0.2) is 5.69 Å². The van der Waals surface area contributed by atoms with Crippen LogP contribution in [0.1, 0.15) is 16.1 Å². The van der Waals surface area contributed by atoms with Crippen molar-refractivity contribution in [3.8, 4) is 17.0 Å². The zero-order valence-corrected chi connectivity index (χ0v) is 15.8. The summed E-state index contributed by atoms with van der Waals surface area (Å²) in [6, 6.07) is 22.1. The average molecular weight is 372 g/mol. The summed E-state index contributed by atoms with van der Waals surface area (Å²) in [5.41, 5.74) is 4.35. The number of rotatable bonds is 5. The molecule has 0 saturated heterocycles. The van der Waals surface area contributed by atoms with E-state index in [0.717, 1.165) is 33.5 Å². The number of esters is 1. The fraction of sp³-hybridized carbons (Fsp3) is 0.130. The molecule has 0 radical (unpaired) electrons. The zero-order chi connectivity index (χ0) is 19.5. The highest BCUT2D eigenvalue weighted by Gasteiger charge is 2.17. The third kappa shape index (κ3) is 3.22. The van der Waals surface area contributed by atoms with Crippen molar-refractivity contribution >= 4 is 16.9 Å². The van der Waals surface area contributed by atoms with Gasteiger partial charge in [-0.1, -0.05) is 36.4 Å². The van der Waals surface area contributed by atoms with Crippen molar-refractivity contribution in [2.24, 2.45) is 0 Å². The Bertz CT molecular complexity index is 1130. The first-order valence-corrected chi connectivity index (χ1v) is 8.96. The minimum atomic E-state index is -0.435. The molecule has 0 spiro atoms. The van der Waals surface area contributed by atoms with E-state index >= 15 is 0 Å². The molecule has 2 aromatic heterocycles. The Morgan fingerprint density at radius 1 is 1.00 bits per heavy atom. The van der Waals surface area contributed by atoms with Crippen LogP contribution in [0, 0.1) is 0 Å². The molecule has 4 rings (SSSR count). The number of aromatic nitrogens is 2. The SMILES string of the molecule is COC(=O)c1ncccc1Cn1c(-c2ccccc2)cc2cc(OC)ccc21. The Morgan fingerprint density at radius 2 is 1.82 bits per heavy atom. The van der Waals surface area contributed by atoms with Crippen molar-refractivity contribution in [3.63, 3.8) is 0 Å². The van der Waals surface area contributed by atoms with Gasteiger partial charge in [-0.3, -0.25) is 0 Å². The Hall–Kier alpha value is -3.60. The summed E-state index contributed by atoms with van der Waals surface area (Å²) in [5.74, 6) is 0.371. The van der Waals surface area contributed by atoms with Crippen molar-refractivity contribution < 1.29 is 14.3 Å². The first-order chi connectivity index (χ1) is 13.7. The lowest BCUT2D eigenvalue weighted by Gasteiger charge is -2.13. The standard InChI is InChI=1S/C23H20N2O3/c1-27-19-10-11-20-18(13-19)14-21(16-7-4-3-5-8-16)25(20)15-17-9-6-12-24-22(17)23(26)28-2/h3-14H,15H2,1-2H3. The minimum absolute atomic E-state index is 0.333. The van der Waals surface area contributed by atoms with Gasteiger partial charge < -0.3 is 14.0 Å². The first kappa shape index (κ1) is 17.8. The predicted molar refractivity (Wildman–Crippen MR) is 109 cm³/mol. The van der Waals surface area contributed by atoms with Gasteiger partial charge in [0.05, 0.1) is 20.8 Å². The maximum atomic E-state index is 12.2. The molecule has 0 bridgehead atoms. The second-order valence-electron chi connectivity index (χ2n) is 6.41.